The summed E-state index contributed by atoms with van der Waals surface area (Å²) >= 11 is 0. The molecule has 6 heteroatoms. The summed E-state index contributed by atoms with van der Waals surface area (Å²) in [5, 5.41) is 2.95. The van der Waals surface area contributed by atoms with E-state index in [2.05, 4.69) is 10.2 Å². The van der Waals surface area contributed by atoms with Gasteiger partial charge in [0.25, 0.3) is 5.91 Å². The molecule has 1 amide bonds. The predicted octanol–water partition coefficient (Wildman–Crippen LogP) is 3.18. The molecule has 138 valence electrons. The van der Waals surface area contributed by atoms with E-state index in [0.717, 1.165) is 37.7 Å². The van der Waals surface area contributed by atoms with Gasteiger partial charge in [0.15, 0.2) is 11.5 Å². The number of ether oxygens (including phenoxy) is 3. The lowest BCUT2D eigenvalue weighted by Crippen LogP contribution is -2.36. The van der Waals surface area contributed by atoms with E-state index in [1.807, 2.05) is 31.2 Å². The van der Waals surface area contributed by atoms with E-state index in [0.29, 0.717) is 23.7 Å². The van der Waals surface area contributed by atoms with Gasteiger partial charge in [0.2, 0.25) is 0 Å². The Labute approximate surface area is 153 Å². The van der Waals surface area contributed by atoms with Crippen LogP contribution in [-0.2, 0) is 4.74 Å². The highest BCUT2D eigenvalue weighted by molar-refractivity contribution is 6.04. The molecule has 1 aliphatic heterocycles. The fraction of sp³-hybridized carbons (Fsp3) is 0.350. The summed E-state index contributed by atoms with van der Waals surface area (Å²) in [6.45, 7) is 5.60. The summed E-state index contributed by atoms with van der Waals surface area (Å²) in [5.41, 5.74) is 2.35. The molecule has 0 saturated carbocycles. The van der Waals surface area contributed by atoms with Gasteiger partial charge in [-0.3, -0.25) is 4.79 Å². The molecule has 1 aliphatic rings. The van der Waals surface area contributed by atoms with E-state index in [1.165, 1.54) is 0 Å². The Morgan fingerprint density at radius 3 is 2.69 bits per heavy atom. The zero-order valence-electron chi connectivity index (χ0n) is 15.2. The average Bonchev–Trinajstić information content (AvgIpc) is 2.69. The van der Waals surface area contributed by atoms with Crippen molar-refractivity contribution in [3.8, 4) is 11.5 Å². The number of nitrogens with zero attached hydrogens (tertiary/aromatic N) is 1. The maximum Gasteiger partial charge on any atom is 0.255 e. The van der Waals surface area contributed by atoms with Crippen molar-refractivity contribution < 1.29 is 19.0 Å². The molecule has 6 nitrogen and oxygen atoms in total. The van der Waals surface area contributed by atoms with Crippen LogP contribution in [0.4, 0.5) is 11.4 Å². The number of rotatable bonds is 6. The number of carbonyl (C=O) groups is 1. The second kappa shape index (κ2) is 8.58. The largest absolute Gasteiger partial charge is 0.493 e. The van der Waals surface area contributed by atoms with Crippen LogP contribution in [0.2, 0.25) is 0 Å². The minimum atomic E-state index is -0.189. The molecule has 0 aliphatic carbocycles. The lowest BCUT2D eigenvalue weighted by molar-refractivity contribution is 0.102. The van der Waals surface area contributed by atoms with Crippen molar-refractivity contribution in [1.82, 2.24) is 0 Å². The Balaban J connectivity index is 1.73. The third-order valence-corrected chi connectivity index (χ3v) is 4.21. The van der Waals surface area contributed by atoms with Crippen LogP contribution in [0.15, 0.2) is 42.5 Å². The second-order valence-corrected chi connectivity index (χ2v) is 5.90. The number of hydrogen-bond acceptors (Lipinski definition) is 5. The summed E-state index contributed by atoms with van der Waals surface area (Å²) in [6, 6.07) is 13.0. The minimum absolute atomic E-state index is 0.189. The Morgan fingerprint density at radius 2 is 1.96 bits per heavy atom. The molecule has 26 heavy (non-hydrogen) atoms. The zero-order valence-corrected chi connectivity index (χ0v) is 15.2. The summed E-state index contributed by atoms with van der Waals surface area (Å²) in [6.07, 6.45) is 0. The van der Waals surface area contributed by atoms with Crippen LogP contribution in [0, 0.1) is 0 Å². The molecule has 1 saturated heterocycles. The quantitative estimate of drug-likeness (QED) is 0.861. The van der Waals surface area contributed by atoms with Crippen LogP contribution in [0.5, 0.6) is 11.5 Å². The van der Waals surface area contributed by atoms with Gasteiger partial charge in [-0.1, -0.05) is 6.07 Å². The first-order valence-corrected chi connectivity index (χ1v) is 8.76. The van der Waals surface area contributed by atoms with E-state index in [-0.39, 0.29) is 5.91 Å². The average molecular weight is 356 g/mol. The number of hydrogen-bond donors (Lipinski definition) is 1. The molecule has 1 fully saturated rings. The summed E-state index contributed by atoms with van der Waals surface area (Å²) in [4.78, 5) is 14.8. The van der Waals surface area contributed by atoms with Crippen LogP contribution in [-0.4, -0.2) is 45.9 Å². The third kappa shape index (κ3) is 4.26. The number of nitrogens with one attached hydrogen (secondary N) is 1. The summed E-state index contributed by atoms with van der Waals surface area (Å²) in [5.74, 6) is 0.980. The molecule has 2 aromatic rings. The molecule has 0 aromatic heterocycles. The fourth-order valence-corrected chi connectivity index (χ4v) is 2.89. The van der Waals surface area contributed by atoms with Gasteiger partial charge in [0.05, 0.1) is 26.9 Å². The van der Waals surface area contributed by atoms with Gasteiger partial charge in [-0.05, 0) is 43.3 Å². The number of amides is 1. The fourth-order valence-electron chi connectivity index (χ4n) is 2.89. The van der Waals surface area contributed by atoms with E-state index >= 15 is 0 Å². The van der Waals surface area contributed by atoms with E-state index in [4.69, 9.17) is 14.2 Å². The van der Waals surface area contributed by atoms with Crippen molar-refractivity contribution in [2.45, 2.75) is 6.92 Å². The predicted molar refractivity (Wildman–Crippen MR) is 102 cm³/mol. The Morgan fingerprint density at radius 1 is 1.15 bits per heavy atom. The van der Waals surface area contributed by atoms with Crippen LogP contribution in [0.1, 0.15) is 17.3 Å². The van der Waals surface area contributed by atoms with Crippen molar-refractivity contribution in [3.05, 3.63) is 48.0 Å². The van der Waals surface area contributed by atoms with Gasteiger partial charge in [-0.15, -0.1) is 0 Å². The Kier molecular flexibility index (Phi) is 5.96. The second-order valence-electron chi connectivity index (χ2n) is 5.90. The molecular formula is C20H24N2O4. The van der Waals surface area contributed by atoms with Gasteiger partial charge in [-0.25, -0.2) is 0 Å². The highest BCUT2D eigenvalue weighted by Crippen LogP contribution is 2.28. The molecule has 2 aromatic carbocycles. The molecule has 0 spiro atoms. The molecule has 0 radical (unpaired) electrons. The Hall–Kier alpha value is -2.73. The highest BCUT2D eigenvalue weighted by atomic mass is 16.5. The molecule has 1 N–H and O–H groups in total. The lowest BCUT2D eigenvalue weighted by atomic mass is 10.1. The molecule has 3 rings (SSSR count). The topological polar surface area (TPSA) is 60.0 Å². The van der Waals surface area contributed by atoms with Crippen molar-refractivity contribution in [1.29, 1.82) is 0 Å². The van der Waals surface area contributed by atoms with E-state index in [1.54, 1.807) is 25.3 Å². The number of carbonyl (C=O) groups excluding carboxylic acids is 1. The number of methoxy groups -OCH3 is 1. The standard InChI is InChI=1S/C20H24N2O4/c1-3-26-18-8-7-15(13-19(18)24-2)20(23)21-16-5-4-6-17(14-16)22-9-11-25-12-10-22/h4-8,13-14H,3,9-12H2,1-2H3,(H,21,23). The van der Waals surface area contributed by atoms with Crippen molar-refractivity contribution in [2.75, 3.05) is 50.2 Å². The molecule has 0 atom stereocenters. The van der Waals surface area contributed by atoms with Gasteiger partial charge >= 0.3 is 0 Å². The summed E-state index contributed by atoms with van der Waals surface area (Å²) in [7, 11) is 1.56. The third-order valence-electron chi connectivity index (χ3n) is 4.21. The van der Waals surface area contributed by atoms with Gasteiger partial charge < -0.3 is 24.4 Å². The number of anilines is 2. The SMILES string of the molecule is CCOc1ccc(C(=O)Nc2cccc(N3CCOCC3)c2)cc1OC. The van der Waals surface area contributed by atoms with Crippen molar-refractivity contribution >= 4 is 17.3 Å². The molecule has 0 unspecified atom stereocenters. The van der Waals surface area contributed by atoms with E-state index in [9.17, 15) is 4.79 Å². The van der Waals surface area contributed by atoms with Gasteiger partial charge in [-0.2, -0.15) is 0 Å². The van der Waals surface area contributed by atoms with Crippen LogP contribution < -0.4 is 19.7 Å². The minimum Gasteiger partial charge on any atom is -0.493 e. The molecule has 1 heterocycles. The first-order valence-electron chi connectivity index (χ1n) is 8.76. The maximum absolute atomic E-state index is 12.6. The van der Waals surface area contributed by atoms with Gasteiger partial charge in [0, 0.05) is 30.0 Å². The monoisotopic (exact) mass is 356 g/mol. The Bertz CT molecular complexity index is 757. The smallest absolute Gasteiger partial charge is 0.255 e. The number of morpholine rings is 1. The lowest BCUT2D eigenvalue weighted by Gasteiger charge is -2.29. The van der Waals surface area contributed by atoms with Crippen molar-refractivity contribution in [2.24, 2.45) is 0 Å². The first kappa shape index (κ1) is 18.1. The normalized spacial score (nSPS) is 14.0. The van der Waals surface area contributed by atoms with Gasteiger partial charge in [0.1, 0.15) is 0 Å². The van der Waals surface area contributed by atoms with E-state index < -0.39 is 0 Å². The number of benzene rings is 2. The van der Waals surface area contributed by atoms with Crippen LogP contribution in [0.3, 0.4) is 0 Å². The maximum atomic E-state index is 12.6. The summed E-state index contributed by atoms with van der Waals surface area (Å²) < 4.78 is 16.2. The first-order chi connectivity index (χ1) is 12.7. The van der Waals surface area contributed by atoms with Crippen LogP contribution in [0.25, 0.3) is 0 Å². The zero-order chi connectivity index (χ0) is 18.4. The van der Waals surface area contributed by atoms with Crippen LogP contribution >= 0.6 is 0 Å². The van der Waals surface area contributed by atoms with Crippen molar-refractivity contribution in [3.63, 3.8) is 0 Å². The highest BCUT2D eigenvalue weighted by Gasteiger charge is 2.14. The molecule has 0 bridgehead atoms. The molecular weight excluding hydrogens is 332 g/mol.